The lowest BCUT2D eigenvalue weighted by molar-refractivity contribution is 0.0952. The molecule has 3 aromatic carbocycles. The Bertz CT molecular complexity index is 985. The van der Waals surface area contributed by atoms with E-state index in [0.717, 1.165) is 19.3 Å². The van der Waals surface area contributed by atoms with Gasteiger partial charge in [0.1, 0.15) is 5.75 Å². The fraction of sp³-hybridized carbons (Fsp3) is 0.231. The predicted molar refractivity (Wildman–Crippen MR) is 124 cm³/mol. The van der Waals surface area contributed by atoms with Crippen LogP contribution in [0, 0.1) is 0 Å². The van der Waals surface area contributed by atoms with Crippen molar-refractivity contribution in [1.29, 1.82) is 0 Å². The molecule has 0 aromatic heterocycles. The Kier molecular flexibility index (Phi) is 8.23. The predicted octanol–water partition coefficient (Wildman–Crippen LogP) is 5.09. The highest BCUT2D eigenvalue weighted by Gasteiger charge is 2.13. The van der Waals surface area contributed by atoms with Crippen molar-refractivity contribution in [1.82, 2.24) is 5.32 Å². The fourth-order valence-electron chi connectivity index (χ4n) is 3.09. The third-order valence-electron chi connectivity index (χ3n) is 4.84. The van der Waals surface area contributed by atoms with Gasteiger partial charge in [0.25, 0.3) is 11.8 Å². The molecule has 0 aliphatic heterocycles. The molecule has 0 bridgehead atoms. The quantitative estimate of drug-likeness (QED) is 0.452. The van der Waals surface area contributed by atoms with Crippen LogP contribution in [0.4, 0.5) is 5.69 Å². The molecule has 0 unspecified atom stereocenters. The van der Waals surface area contributed by atoms with Crippen LogP contribution in [0.15, 0.2) is 78.9 Å². The van der Waals surface area contributed by atoms with Gasteiger partial charge >= 0.3 is 0 Å². The maximum atomic E-state index is 12.8. The first-order chi connectivity index (χ1) is 15.2. The third kappa shape index (κ3) is 6.71. The second-order valence-corrected chi connectivity index (χ2v) is 7.22. The molecular weight excluding hydrogens is 388 g/mol. The first-order valence-corrected chi connectivity index (χ1v) is 10.6. The smallest absolute Gasteiger partial charge is 0.259 e. The molecule has 3 rings (SSSR count). The van der Waals surface area contributed by atoms with Gasteiger partial charge in [0, 0.05) is 24.2 Å². The number of benzene rings is 3. The minimum Gasteiger partial charge on any atom is -0.492 e. The lowest BCUT2D eigenvalue weighted by Gasteiger charge is -2.12. The van der Waals surface area contributed by atoms with E-state index in [1.807, 2.05) is 30.3 Å². The number of nitrogens with one attached hydrogen (secondary N) is 2. The Labute approximate surface area is 183 Å². The highest BCUT2D eigenvalue weighted by atomic mass is 16.5. The summed E-state index contributed by atoms with van der Waals surface area (Å²) in [5.74, 6) is 0.182. The van der Waals surface area contributed by atoms with Gasteiger partial charge in [0.05, 0.1) is 12.2 Å². The molecule has 0 aliphatic rings. The van der Waals surface area contributed by atoms with Gasteiger partial charge in [-0.3, -0.25) is 9.59 Å². The van der Waals surface area contributed by atoms with Crippen LogP contribution in [0.25, 0.3) is 0 Å². The van der Waals surface area contributed by atoms with E-state index >= 15 is 0 Å². The molecule has 0 saturated carbocycles. The molecule has 5 heteroatoms. The lowest BCUT2D eigenvalue weighted by Crippen LogP contribution is -2.24. The van der Waals surface area contributed by atoms with E-state index in [1.54, 1.807) is 36.4 Å². The van der Waals surface area contributed by atoms with Crippen molar-refractivity contribution in [2.45, 2.75) is 26.2 Å². The summed E-state index contributed by atoms with van der Waals surface area (Å²) in [6, 6.07) is 24.1. The SMILES string of the molecule is CCCCNC(=O)c1ccc(NC(=O)c2ccccc2OCCc2ccccc2)cc1. The second-order valence-electron chi connectivity index (χ2n) is 7.22. The van der Waals surface area contributed by atoms with E-state index in [-0.39, 0.29) is 11.8 Å². The number of carbonyl (C=O) groups excluding carboxylic acids is 2. The highest BCUT2D eigenvalue weighted by Crippen LogP contribution is 2.20. The summed E-state index contributed by atoms with van der Waals surface area (Å²) in [7, 11) is 0. The van der Waals surface area contributed by atoms with Crippen molar-refractivity contribution in [3.05, 3.63) is 95.6 Å². The Balaban J connectivity index is 1.58. The summed E-state index contributed by atoms with van der Waals surface area (Å²) in [4.78, 5) is 24.9. The van der Waals surface area contributed by atoms with Gasteiger partial charge < -0.3 is 15.4 Å². The Hall–Kier alpha value is -3.60. The normalized spacial score (nSPS) is 10.4. The van der Waals surface area contributed by atoms with Crippen molar-refractivity contribution < 1.29 is 14.3 Å². The number of rotatable bonds is 10. The van der Waals surface area contributed by atoms with Crippen molar-refractivity contribution in [2.24, 2.45) is 0 Å². The molecule has 0 radical (unpaired) electrons. The number of hydrogen-bond acceptors (Lipinski definition) is 3. The van der Waals surface area contributed by atoms with Gasteiger partial charge in [0.2, 0.25) is 0 Å². The van der Waals surface area contributed by atoms with Crippen LogP contribution in [0.1, 0.15) is 46.0 Å². The molecule has 0 fully saturated rings. The largest absolute Gasteiger partial charge is 0.492 e. The minimum absolute atomic E-state index is 0.108. The zero-order chi connectivity index (χ0) is 21.9. The van der Waals surface area contributed by atoms with Crippen molar-refractivity contribution in [3.63, 3.8) is 0 Å². The van der Waals surface area contributed by atoms with Gasteiger partial charge in [-0.05, 0) is 48.4 Å². The maximum absolute atomic E-state index is 12.8. The van der Waals surface area contributed by atoms with Crippen LogP contribution >= 0.6 is 0 Å². The number of unbranched alkanes of at least 4 members (excludes halogenated alkanes) is 1. The summed E-state index contributed by atoms with van der Waals surface area (Å²) >= 11 is 0. The monoisotopic (exact) mass is 416 g/mol. The number of hydrogen-bond donors (Lipinski definition) is 2. The van der Waals surface area contributed by atoms with Crippen molar-refractivity contribution in [3.8, 4) is 5.75 Å². The zero-order valence-electron chi connectivity index (χ0n) is 17.8. The van der Waals surface area contributed by atoms with Crippen LogP contribution in [0.2, 0.25) is 0 Å². The molecular formula is C26H28N2O3. The molecule has 0 spiro atoms. The number of ether oxygens (including phenoxy) is 1. The maximum Gasteiger partial charge on any atom is 0.259 e. The van der Waals surface area contributed by atoms with Gasteiger partial charge in [-0.25, -0.2) is 0 Å². The van der Waals surface area contributed by atoms with Gasteiger partial charge in [-0.1, -0.05) is 55.8 Å². The number of para-hydroxylation sites is 1. The zero-order valence-corrected chi connectivity index (χ0v) is 17.8. The first kappa shape index (κ1) is 22.1. The van der Waals surface area contributed by atoms with E-state index in [2.05, 4.69) is 29.7 Å². The van der Waals surface area contributed by atoms with Crippen LogP contribution < -0.4 is 15.4 Å². The van der Waals surface area contributed by atoms with Crippen molar-refractivity contribution >= 4 is 17.5 Å². The Morgan fingerprint density at radius 2 is 1.55 bits per heavy atom. The van der Waals surface area contributed by atoms with Crippen LogP contribution in [-0.4, -0.2) is 25.0 Å². The van der Waals surface area contributed by atoms with E-state index in [9.17, 15) is 9.59 Å². The topological polar surface area (TPSA) is 67.4 Å². The average molecular weight is 417 g/mol. The molecule has 0 aliphatic carbocycles. The summed E-state index contributed by atoms with van der Waals surface area (Å²) in [6.07, 6.45) is 2.74. The number of amides is 2. The molecule has 2 amide bonds. The van der Waals surface area contributed by atoms with Gasteiger partial charge in [-0.2, -0.15) is 0 Å². The molecule has 3 aromatic rings. The Morgan fingerprint density at radius 3 is 2.29 bits per heavy atom. The average Bonchev–Trinajstić information content (AvgIpc) is 2.80. The van der Waals surface area contributed by atoms with Crippen molar-refractivity contribution in [2.75, 3.05) is 18.5 Å². The minimum atomic E-state index is -0.254. The third-order valence-corrected chi connectivity index (χ3v) is 4.84. The molecule has 0 saturated heterocycles. The van der Waals surface area contributed by atoms with Crippen LogP contribution in [-0.2, 0) is 6.42 Å². The molecule has 0 heterocycles. The van der Waals surface area contributed by atoms with Crippen LogP contribution in [0.5, 0.6) is 5.75 Å². The molecule has 31 heavy (non-hydrogen) atoms. The van der Waals surface area contributed by atoms with Gasteiger partial charge in [-0.15, -0.1) is 0 Å². The van der Waals surface area contributed by atoms with E-state index in [4.69, 9.17) is 4.74 Å². The summed E-state index contributed by atoms with van der Waals surface area (Å²) in [5, 5.41) is 5.76. The number of anilines is 1. The standard InChI is InChI=1S/C26H28N2O3/c1-2-3-18-27-25(29)21-13-15-22(16-14-21)28-26(30)23-11-7-8-12-24(23)31-19-17-20-9-5-4-6-10-20/h4-16H,2-3,17-19H2,1H3,(H,27,29)(H,28,30). The van der Waals surface area contributed by atoms with Gasteiger partial charge in [0.15, 0.2) is 0 Å². The second kappa shape index (κ2) is 11.6. The van der Waals surface area contributed by atoms with Crippen LogP contribution in [0.3, 0.4) is 0 Å². The summed E-state index contributed by atoms with van der Waals surface area (Å²) in [5.41, 5.74) is 2.84. The summed E-state index contributed by atoms with van der Waals surface area (Å²) < 4.78 is 5.88. The molecule has 160 valence electrons. The van der Waals surface area contributed by atoms with E-state index in [0.29, 0.717) is 35.7 Å². The molecule has 2 N–H and O–H groups in total. The highest BCUT2D eigenvalue weighted by molar-refractivity contribution is 6.06. The number of carbonyl (C=O) groups is 2. The lowest BCUT2D eigenvalue weighted by atomic mass is 10.1. The fourth-order valence-corrected chi connectivity index (χ4v) is 3.09. The van der Waals surface area contributed by atoms with E-state index in [1.165, 1.54) is 5.56 Å². The molecule has 0 atom stereocenters. The first-order valence-electron chi connectivity index (χ1n) is 10.6. The molecule has 5 nitrogen and oxygen atoms in total. The summed E-state index contributed by atoms with van der Waals surface area (Å²) in [6.45, 7) is 3.22. The Morgan fingerprint density at radius 1 is 0.839 bits per heavy atom. The van der Waals surface area contributed by atoms with E-state index < -0.39 is 0 Å².